The number of carbonyl (C=O) groups is 1. The van der Waals surface area contributed by atoms with Crippen molar-refractivity contribution in [1.82, 2.24) is 0 Å². The molecule has 0 amide bonds. The first-order valence-corrected chi connectivity index (χ1v) is 5.06. The average molecular weight is 295 g/mol. The van der Waals surface area contributed by atoms with Crippen LogP contribution in [0, 0.1) is 3.57 Å². The second kappa shape index (κ2) is 4.82. The Morgan fingerprint density at radius 3 is 2.75 bits per heavy atom. The van der Waals surface area contributed by atoms with Crippen molar-refractivity contribution in [3.05, 3.63) is 32.4 Å². The van der Waals surface area contributed by atoms with Crippen molar-refractivity contribution < 1.29 is 4.79 Å². The standard InChI is InChI=1S/C9H8ClIO/c10-8-4-7(2-1-3-12)5-9(11)6-8/h3-6H,1-2H2. The van der Waals surface area contributed by atoms with Gasteiger partial charge in [0.2, 0.25) is 0 Å². The van der Waals surface area contributed by atoms with Crippen LogP contribution < -0.4 is 0 Å². The predicted octanol–water partition coefficient (Wildman–Crippen LogP) is 3.08. The number of aldehydes is 1. The van der Waals surface area contributed by atoms with Gasteiger partial charge in [0.15, 0.2) is 0 Å². The number of carbonyl (C=O) groups excluding carboxylic acids is 1. The van der Waals surface area contributed by atoms with Crippen molar-refractivity contribution in [1.29, 1.82) is 0 Å². The van der Waals surface area contributed by atoms with Gasteiger partial charge in [-0.05, 0) is 52.8 Å². The van der Waals surface area contributed by atoms with Gasteiger partial charge >= 0.3 is 0 Å². The van der Waals surface area contributed by atoms with Gasteiger partial charge in [0.1, 0.15) is 6.29 Å². The van der Waals surface area contributed by atoms with E-state index in [2.05, 4.69) is 22.6 Å². The molecule has 0 unspecified atom stereocenters. The van der Waals surface area contributed by atoms with E-state index in [1.807, 2.05) is 18.2 Å². The smallest absolute Gasteiger partial charge is 0.120 e. The number of benzene rings is 1. The van der Waals surface area contributed by atoms with Crippen LogP contribution >= 0.6 is 34.2 Å². The molecule has 0 N–H and O–H groups in total. The van der Waals surface area contributed by atoms with E-state index in [-0.39, 0.29) is 0 Å². The Kier molecular flexibility index (Phi) is 4.01. The van der Waals surface area contributed by atoms with Crippen molar-refractivity contribution in [2.24, 2.45) is 0 Å². The number of hydrogen-bond donors (Lipinski definition) is 0. The van der Waals surface area contributed by atoms with Crippen LogP contribution in [-0.4, -0.2) is 6.29 Å². The molecule has 0 bridgehead atoms. The number of hydrogen-bond acceptors (Lipinski definition) is 1. The van der Waals surface area contributed by atoms with Crippen molar-refractivity contribution >= 4 is 40.5 Å². The molecule has 0 aliphatic heterocycles. The van der Waals surface area contributed by atoms with Gasteiger partial charge in [0.25, 0.3) is 0 Å². The SMILES string of the molecule is O=CCCc1cc(Cl)cc(I)c1. The van der Waals surface area contributed by atoms with Gasteiger partial charge in [-0.2, -0.15) is 0 Å². The first kappa shape index (κ1) is 9.99. The molecule has 0 aliphatic rings. The van der Waals surface area contributed by atoms with E-state index in [4.69, 9.17) is 11.6 Å². The lowest BCUT2D eigenvalue weighted by Crippen LogP contribution is -1.87. The highest BCUT2D eigenvalue weighted by Gasteiger charge is 1.96. The van der Waals surface area contributed by atoms with E-state index >= 15 is 0 Å². The average Bonchev–Trinajstić information content (AvgIpc) is 1.99. The fourth-order valence-corrected chi connectivity index (χ4v) is 2.16. The third-order valence-corrected chi connectivity index (χ3v) is 2.31. The van der Waals surface area contributed by atoms with Gasteiger partial charge in [0.05, 0.1) is 0 Å². The van der Waals surface area contributed by atoms with Crippen LogP contribution in [0.15, 0.2) is 18.2 Å². The molecule has 3 heteroatoms. The Hall–Kier alpha value is -0.0900. The lowest BCUT2D eigenvalue weighted by molar-refractivity contribution is -0.107. The van der Waals surface area contributed by atoms with Crippen LogP contribution in [0.5, 0.6) is 0 Å². The fourth-order valence-electron chi connectivity index (χ4n) is 0.981. The topological polar surface area (TPSA) is 17.1 Å². The van der Waals surface area contributed by atoms with Crippen LogP contribution in [0.1, 0.15) is 12.0 Å². The quantitative estimate of drug-likeness (QED) is 0.618. The van der Waals surface area contributed by atoms with Crippen LogP contribution in [-0.2, 0) is 11.2 Å². The Morgan fingerprint density at radius 2 is 2.17 bits per heavy atom. The molecule has 0 aromatic heterocycles. The summed E-state index contributed by atoms with van der Waals surface area (Å²) < 4.78 is 1.11. The minimum Gasteiger partial charge on any atom is -0.303 e. The maximum atomic E-state index is 10.1. The van der Waals surface area contributed by atoms with Crippen LogP contribution in [0.2, 0.25) is 5.02 Å². The van der Waals surface area contributed by atoms with Crippen molar-refractivity contribution in [3.63, 3.8) is 0 Å². The lowest BCUT2D eigenvalue weighted by atomic mass is 10.1. The molecular formula is C9H8ClIO. The van der Waals surface area contributed by atoms with Crippen molar-refractivity contribution in [3.8, 4) is 0 Å². The zero-order valence-electron chi connectivity index (χ0n) is 6.39. The Balaban J connectivity index is 2.78. The molecule has 0 radical (unpaired) electrons. The summed E-state index contributed by atoms with van der Waals surface area (Å²) in [4.78, 5) is 10.1. The van der Waals surface area contributed by atoms with E-state index in [0.29, 0.717) is 6.42 Å². The van der Waals surface area contributed by atoms with Gasteiger partial charge < -0.3 is 4.79 Å². The van der Waals surface area contributed by atoms with E-state index in [9.17, 15) is 4.79 Å². The highest BCUT2D eigenvalue weighted by atomic mass is 127. The number of rotatable bonds is 3. The fraction of sp³-hybridized carbons (Fsp3) is 0.222. The van der Waals surface area contributed by atoms with E-state index in [1.165, 1.54) is 0 Å². The maximum Gasteiger partial charge on any atom is 0.120 e. The molecule has 64 valence electrons. The minimum atomic E-state index is 0.566. The molecular weight excluding hydrogens is 286 g/mol. The third-order valence-electron chi connectivity index (χ3n) is 1.47. The summed E-state index contributed by atoms with van der Waals surface area (Å²) in [6.45, 7) is 0. The van der Waals surface area contributed by atoms with Crippen molar-refractivity contribution in [2.45, 2.75) is 12.8 Å². The first-order chi connectivity index (χ1) is 5.72. The Morgan fingerprint density at radius 1 is 1.42 bits per heavy atom. The van der Waals surface area contributed by atoms with E-state index < -0.39 is 0 Å². The molecule has 0 fully saturated rings. The third kappa shape index (κ3) is 3.11. The van der Waals surface area contributed by atoms with Gasteiger partial charge in [-0.3, -0.25) is 0 Å². The zero-order valence-corrected chi connectivity index (χ0v) is 9.30. The summed E-state index contributed by atoms with van der Waals surface area (Å²) >= 11 is 8.05. The predicted molar refractivity (Wildman–Crippen MR) is 58.6 cm³/mol. The summed E-state index contributed by atoms with van der Waals surface area (Å²) in [5.74, 6) is 0. The summed E-state index contributed by atoms with van der Waals surface area (Å²) in [6.07, 6.45) is 2.27. The lowest BCUT2D eigenvalue weighted by Gasteiger charge is -1.99. The van der Waals surface area contributed by atoms with Gasteiger partial charge in [-0.15, -0.1) is 0 Å². The molecule has 1 aromatic carbocycles. The monoisotopic (exact) mass is 294 g/mol. The Labute approximate surface area is 90.3 Å². The molecule has 0 heterocycles. The normalized spacial score (nSPS) is 9.83. The highest BCUT2D eigenvalue weighted by molar-refractivity contribution is 14.1. The molecule has 0 saturated carbocycles. The molecule has 1 rings (SSSR count). The first-order valence-electron chi connectivity index (χ1n) is 3.61. The van der Waals surface area contributed by atoms with Crippen LogP contribution in [0.3, 0.4) is 0 Å². The minimum absolute atomic E-state index is 0.566. The molecule has 1 aromatic rings. The van der Waals surface area contributed by atoms with Gasteiger partial charge in [-0.25, -0.2) is 0 Å². The summed E-state index contributed by atoms with van der Waals surface area (Å²) in [7, 11) is 0. The number of aryl methyl sites for hydroxylation is 1. The molecule has 0 spiro atoms. The molecule has 0 saturated heterocycles. The van der Waals surface area contributed by atoms with Crippen LogP contribution in [0.25, 0.3) is 0 Å². The maximum absolute atomic E-state index is 10.1. The summed E-state index contributed by atoms with van der Waals surface area (Å²) in [5.41, 5.74) is 1.12. The van der Waals surface area contributed by atoms with Crippen LogP contribution in [0.4, 0.5) is 0 Å². The number of halogens is 2. The van der Waals surface area contributed by atoms with E-state index in [0.717, 1.165) is 26.9 Å². The molecule has 12 heavy (non-hydrogen) atoms. The molecule has 0 aliphatic carbocycles. The van der Waals surface area contributed by atoms with E-state index in [1.54, 1.807) is 0 Å². The molecule has 1 nitrogen and oxygen atoms in total. The second-order valence-corrected chi connectivity index (χ2v) is 4.17. The van der Waals surface area contributed by atoms with Crippen molar-refractivity contribution in [2.75, 3.05) is 0 Å². The summed E-state index contributed by atoms with van der Waals surface area (Å²) in [6, 6.07) is 5.83. The molecule has 0 atom stereocenters. The van der Waals surface area contributed by atoms with Gasteiger partial charge in [-0.1, -0.05) is 11.6 Å². The van der Waals surface area contributed by atoms with Gasteiger partial charge in [0, 0.05) is 15.0 Å². The second-order valence-electron chi connectivity index (χ2n) is 2.48. The zero-order chi connectivity index (χ0) is 8.97. The summed E-state index contributed by atoms with van der Waals surface area (Å²) in [5, 5.41) is 0.739. The Bertz CT molecular complexity index is 266. The highest BCUT2D eigenvalue weighted by Crippen LogP contribution is 2.17. The largest absolute Gasteiger partial charge is 0.303 e.